The van der Waals surface area contributed by atoms with Gasteiger partial charge in [0.05, 0.1) is 33.0 Å². The van der Waals surface area contributed by atoms with Gasteiger partial charge in [-0.25, -0.2) is 0 Å². The molecule has 158 valence electrons. The molecule has 7 nitrogen and oxygen atoms in total. The average Bonchev–Trinajstić information content (AvgIpc) is 3.60. The summed E-state index contributed by atoms with van der Waals surface area (Å²) in [6.07, 6.45) is 0. The fourth-order valence-corrected chi connectivity index (χ4v) is 3.22. The summed E-state index contributed by atoms with van der Waals surface area (Å²) in [6.45, 7) is 5.56. The lowest BCUT2D eigenvalue weighted by atomic mass is 9.97. The van der Waals surface area contributed by atoms with Gasteiger partial charge in [-0.15, -0.1) is 0 Å². The fourth-order valence-electron chi connectivity index (χ4n) is 3.22. The number of anilines is 1. The predicted molar refractivity (Wildman–Crippen MR) is 116 cm³/mol. The number of amides is 1. The molecular weight excluding hydrogens is 382 g/mol. The van der Waals surface area contributed by atoms with Crippen molar-refractivity contribution < 1.29 is 19.4 Å². The zero-order valence-electron chi connectivity index (χ0n) is 17.2. The zero-order chi connectivity index (χ0) is 21.3. The summed E-state index contributed by atoms with van der Waals surface area (Å²) in [5.74, 6) is -0.408. The van der Waals surface area contributed by atoms with Crippen LogP contribution >= 0.6 is 0 Å². The summed E-state index contributed by atoms with van der Waals surface area (Å²) in [5.41, 5.74) is 2.80. The van der Waals surface area contributed by atoms with Gasteiger partial charge in [0, 0.05) is 30.7 Å². The molecule has 1 heterocycles. The third-order valence-corrected chi connectivity index (χ3v) is 4.93. The van der Waals surface area contributed by atoms with E-state index in [2.05, 4.69) is 28.4 Å². The minimum absolute atomic E-state index is 0.0184. The van der Waals surface area contributed by atoms with Crippen LogP contribution in [-0.4, -0.2) is 63.7 Å². The second-order valence-corrected chi connectivity index (χ2v) is 7.02. The van der Waals surface area contributed by atoms with Gasteiger partial charge in [-0.05, 0) is 35.6 Å². The summed E-state index contributed by atoms with van der Waals surface area (Å²) in [4.78, 5) is 14.8. The van der Waals surface area contributed by atoms with Crippen molar-refractivity contribution in [2.45, 2.75) is 6.92 Å². The molecular formula is C23H27N3O4. The number of benzene rings is 2. The molecule has 0 atom stereocenters. The van der Waals surface area contributed by atoms with Crippen LogP contribution in [0.4, 0.5) is 5.69 Å². The van der Waals surface area contributed by atoms with Gasteiger partial charge in [-0.2, -0.15) is 5.26 Å². The zero-order valence-corrected chi connectivity index (χ0v) is 17.2. The minimum atomic E-state index is -0.408. The fraction of sp³-hybridized carbons (Fsp3) is 0.391. The molecule has 1 saturated heterocycles. The Bertz CT molecular complexity index is 961. The molecule has 0 radical (unpaired) electrons. The van der Waals surface area contributed by atoms with Crippen LogP contribution in [0.2, 0.25) is 0 Å². The molecule has 7 heteroatoms. The van der Waals surface area contributed by atoms with E-state index >= 15 is 0 Å². The van der Waals surface area contributed by atoms with E-state index in [0.717, 1.165) is 29.4 Å². The van der Waals surface area contributed by atoms with Crippen molar-refractivity contribution >= 4 is 27.9 Å². The summed E-state index contributed by atoms with van der Waals surface area (Å²) in [7, 11) is 0. The molecule has 0 aliphatic carbocycles. The van der Waals surface area contributed by atoms with E-state index < -0.39 is 5.91 Å². The molecule has 1 aliphatic heterocycles. The van der Waals surface area contributed by atoms with Gasteiger partial charge in [-0.1, -0.05) is 24.3 Å². The number of nitrogens with zero attached hydrogens (tertiary/aromatic N) is 2. The number of hydrogen-bond acceptors (Lipinski definition) is 6. The average molecular weight is 409 g/mol. The lowest BCUT2D eigenvalue weighted by Gasteiger charge is -2.12. The number of allylic oxidation sites excluding steroid dienone is 1. The minimum Gasteiger partial charge on any atom is -0.394 e. The quantitative estimate of drug-likeness (QED) is 0.255. The SMILES string of the molecule is C/C(=C(/C#N)C(=O)NCCOCCOCCO)c1ccc2cccc(N3CC3)c2c1. The Balaban J connectivity index is 1.64. The van der Waals surface area contributed by atoms with Crippen molar-refractivity contribution in [3.8, 4) is 6.07 Å². The summed E-state index contributed by atoms with van der Waals surface area (Å²) < 4.78 is 10.4. The highest BCUT2D eigenvalue weighted by Gasteiger charge is 2.20. The van der Waals surface area contributed by atoms with Crippen LogP contribution in [0.25, 0.3) is 16.3 Å². The predicted octanol–water partition coefficient (Wildman–Crippen LogP) is 2.10. The standard InChI is InChI=1S/C23H27N3O4/c1-17(21(16-24)23(28)25-7-11-29-13-14-30-12-10-27)19-6-5-18-3-2-4-22(20(18)15-19)26-8-9-26/h2-6,15,27H,7-14H2,1H3,(H,25,28)/b21-17+. The Kier molecular flexibility index (Phi) is 7.80. The number of ether oxygens (including phenoxy) is 2. The van der Waals surface area contributed by atoms with E-state index in [0.29, 0.717) is 31.9 Å². The van der Waals surface area contributed by atoms with Crippen LogP contribution < -0.4 is 10.2 Å². The normalized spacial score (nSPS) is 13.7. The highest BCUT2D eigenvalue weighted by molar-refractivity contribution is 6.05. The molecule has 1 aliphatic rings. The van der Waals surface area contributed by atoms with Gasteiger partial charge in [0.15, 0.2) is 0 Å². The van der Waals surface area contributed by atoms with Crippen LogP contribution in [0.1, 0.15) is 12.5 Å². The molecule has 0 spiro atoms. The first-order valence-electron chi connectivity index (χ1n) is 10.1. The number of nitrogens with one attached hydrogen (secondary N) is 1. The van der Waals surface area contributed by atoms with Crippen LogP contribution in [0, 0.1) is 11.3 Å². The van der Waals surface area contributed by atoms with E-state index in [1.165, 1.54) is 5.69 Å². The number of carbonyl (C=O) groups excluding carboxylic acids is 1. The maximum absolute atomic E-state index is 12.5. The van der Waals surface area contributed by atoms with Gasteiger partial charge in [0.25, 0.3) is 5.91 Å². The first kappa shape index (κ1) is 21.8. The summed E-state index contributed by atoms with van der Waals surface area (Å²) in [5, 5.41) is 23.2. The van der Waals surface area contributed by atoms with Crippen LogP contribution in [0.5, 0.6) is 0 Å². The number of aliphatic hydroxyl groups is 1. The van der Waals surface area contributed by atoms with Crippen molar-refractivity contribution in [1.29, 1.82) is 5.26 Å². The molecule has 1 fully saturated rings. The van der Waals surface area contributed by atoms with Gasteiger partial charge < -0.3 is 24.8 Å². The number of aliphatic hydroxyl groups excluding tert-OH is 1. The van der Waals surface area contributed by atoms with Gasteiger partial charge in [-0.3, -0.25) is 4.79 Å². The lowest BCUT2D eigenvalue weighted by molar-refractivity contribution is -0.117. The summed E-state index contributed by atoms with van der Waals surface area (Å²) >= 11 is 0. The Hall–Kier alpha value is -2.92. The molecule has 0 aromatic heterocycles. The monoisotopic (exact) mass is 409 g/mol. The van der Waals surface area contributed by atoms with Gasteiger partial charge in [0.1, 0.15) is 11.6 Å². The molecule has 0 bridgehead atoms. The number of rotatable bonds is 11. The van der Waals surface area contributed by atoms with Crippen LogP contribution in [0.15, 0.2) is 42.0 Å². The number of hydrogen-bond donors (Lipinski definition) is 2. The first-order chi connectivity index (χ1) is 14.7. The van der Waals surface area contributed by atoms with Crippen molar-refractivity contribution in [2.75, 3.05) is 57.6 Å². The Morgan fingerprint density at radius 2 is 1.93 bits per heavy atom. The third kappa shape index (κ3) is 5.57. The topological polar surface area (TPSA) is 94.6 Å². The van der Waals surface area contributed by atoms with Crippen molar-refractivity contribution in [2.24, 2.45) is 0 Å². The first-order valence-corrected chi connectivity index (χ1v) is 10.1. The number of carbonyl (C=O) groups is 1. The maximum atomic E-state index is 12.5. The molecule has 1 amide bonds. The second-order valence-electron chi connectivity index (χ2n) is 7.02. The smallest absolute Gasteiger partial charge is 0.262 e. The van der Waals surface area contributed by atoms with E-state index in [9.17, 15) is 10.1 Å². The summed E-state index contributed by atoms with van der Waals surface area (Å²) in [6, 6.07) is 14.3. The van der Waals surface area contributed by atoms with Crippen molar-refractivity contribution in [1.82, 2.24) is 5.32 Å². The van der Waals surface area contributed by atoms with Crippen molar-refractivity contribution in [3.63, 3.8) is 0 Å². The van der Waals surface area contributed by atoms with Gasteiger partial charge in [0.2, 0.25) is 0 Å². The highest BCUT2D eigenvalue weighted by Crippen LogP contribution is 2.33. The van der Waals surface area contributed by atoms with E-state index in [1.54, 1.807) is 6.92 Å². The van der Waals surface area contributed by atoms with E-state index in [1.807, 2.05) is 24.3 Å². The molecule has 0 unspecified atom stereocenters. The second kappa shape index (κ2) is 10.7. The van der Waals surface area contributed by atoms with E-state index in [-0.39, 0.29) is 18.8 Å². The van der Waals surface area contributed by atoms with Crippen molar-refractivity contribution in [3.05, 3.63) is 47.5 Å². The molecule has 30 heavy (non-hydrogen) atoms. The third-order valence-electron chi connectivity index (χ3n) is 4.93. The van der Waals surface area contributed by atoms with Crippen LogP contribution in [-0.2, 0) is 14.3 Å². The van der Waals surface area contributed by atoms with Gasteiger partial charge >= 0.3 is 0 Å². The number of nitriles is 1. The molecule has 2 aromatic carbocycles. The molecule has 2 N–H and O–H groups in total. The molecule has 3 rings (SSSR count). The van der Waals surface area contributed by atoms with E-state index in [4.69, 9.17) is 14.6 Å². The highest BCUT2D eigenvalue weighted by atomic mass is 16.5. The Morgan fingerprint density at radius 1 is 1.17 bits per heavy atom. The Morgan fingerprint density at radius 3 is 2.63 bits per heavy atom. The molecule has 2 aromatic rings. The number of fused-ring (bicyclic) bond motifs is 1. The lowest BCUT2D eigenvalue weighted by Crippen LogP contribution is -2.29. The largest absolute Gasteiger partial charge is 0.394 e. The maximum Gasteiger partial charge on any atom is 0.262 e. The van der Waals surface area contributed by atoms with Crippen LogP contribution in [0.3, 0.4) is 0 Å². The molecule has 0 saturated carbocycles. The Labute approximate surface area is 176 Å².